The molecular formula is C24H28N4O. The Hall–Kier alpha value is -3.08. The van der Waals surface area contributed by atoms with Crippen LogP contribution in [0.15, 0.2) is 48.7 Å². The molecule has 0 saturated heterocycles. The van der Waals surface area contributed by atoms with Crippen molar-refractivity contribution in [3.8, 4) is 0 Å². The molecule has 0 aliphatic heterocycles. The number of fused-ring (bicyclic) bond motifs is 1. The molecule has 1 saturated carbocycles. The van der Waals surface area contributed by atoms with Crippen LogP contribution in [0.1, 0.15) is 48.5 Å². The average molecular weight is 389 g/mol. The van der Waals surface area contributed by atoms with Gasteiger partial charge < -0.3 is 16.0 Å². The van der Waals surface area contributed by atoms with Crippen molar-refractivity contribution in [1.82, 2.24) is 10.3 Å². The molecule has 0 radical (unpaired) electrons. The van der Waals surface area contributed by atoms with Crippen LogP contribution in [0.25, 0.3) is 10.9 Å². The van der Waals surface area contributed by atoms with Gasteiger partial charge in [0, 0.05) is 35.5 Å². The second-order valence-electron chi connectivity index (χ2n) is 7.75. The standard InChI is InChI=1S/C24H28N4O/c1-3-4-12-25-21-14-19-22(13-16(21)2)26-15-20(24(29)28-18-10-11-18)23(19)27-17-8-6-5-7-9-17/h5-9,13-15,18,25H,3-4,10-12H2,1-2H3,(H,26,27)(H,28,29). The molecule has 1 aromatic heterocycles. The number of aromatic nitrogens is 1. The summed E-state index contributed by atoms with van der Waals surface area (Å²) >= 11 is 0. The minimum Gasteiger partial charge on any atom is -0.385 e. The fourth-order valence-electron chi connectivity index (χ4n) is 3.40. The van der Waals surface area contributed by atoms with Gasteiger partial charge in [0.2, 0.25) is 0 Å². The lowest BCUT2D eigenvalue weighted by Gasteiger charge is -2.17. The van der Waals surface area contributed by atoms with Gasteiger partial charge in [-0.15, -0.1) is 0 Å². The highest BCUT2D eigenvalue weighted by atomic mass is 16.1. The highest BCUT2D eigenvalue weighted by Crippen LogP contribution is 2.33. The number of unbranched alkanes of at least 4 members (excludes halogenated alkanes) is 1. The number of para-hydroxylation sites is 1. The van der Waals surface area contributed by atoms with E-state index in [2.05, 4.69) is 46.9 Å². The maximum absolute atomic E-state index is 12.9. The Morgan fingerprint density at radius 2 is 1.97 bits per heavy atom. The number of carbonyl (C=O) groups is 1. The van der Waals surface area contributed by atoms with Gasteiger partial charge in [-0.05, 0) is 56.0 Å². The SMILES string of the molecule is CCCCNc1cc2c(Nc3ccccc3)c(C(=O)NC3CC3)cnc2cc1C. The van der Waals surface area contributed by atoms with Crippen LogP contribution in [0, 0.1) is 6.92 Å². The molecule has 2 aromatic carbocycles. The van der Waals surface area contributed by atoms with Crippen molar-refractivity contribution in [2.24, 2.45) is 0 Å². The van der Waals surface area contributed by atoms with Gasteiger partial charge in [0.15, 0.2) is 0 Å². The lowest BCUT2D eigenvalue weighted by molar-refractivity contribution is 0.0951. The fourth-order valence-corrected chi connectivity index (χ4v) is 3.40. The van der Waals surface area contributed by atoms with Gasteiger partial charge in [-0.2, -0.15) is 0 Å². The first-order chi connectivity index (χ1) is 14.2. The Morgan fingerprint density at radius 3 is 2.69 bits per heavy atom. The van der Waals surface area contributed by atoms with E-state index in [-0.39, 0.29) is 5.91 Å². The molecule has 3 N–H and O–H groups in total. The first kappa shape index (κ1) is 19.2. The first-order valence-electron chi connectivity index (χ1n) is 10.5. The van der Waals surface area contributed by atoms with Crippen molar-refractivity contribution in [3.05, 3.63) is 59.8 Å². The number of aryl methyl sites for hydroxylation is 1. The molecule has 5 nitrogen and oxygen atoms in total. The van der Waals surface area contributed by atoms with E-state index < -0.39 is 0 Å². The van der Waals surface area contributed by atoms with Gasteiger partial charge in [0.1, 0.15) is 0 Å². The number of hydrogen-bond donors (Lipinski definition) is 3. The summed E-state index contributed by atoms with van der Waals surface area (Å²) in [5.41, 5.74) is 5.45. The minimum atomic E-state index is -0.0681. The predicted molar refractivity (Wildman–Crippen MR) is 120 cm³/mol. The van der Waals surface area contributed by atoms with Crippen LogP contribution in [-0.2, 0) is 0 Å². The lowest BCUT2D eigenvalue weighted by atomic mass is 10.0. The number of rotatable bonds is 8. The molecular weight excluding hydrogens is 360 g/mol. The summed E-state index contributed by atoms with van der Waals surface area (Å²) < 4.78 is 0. The van der Waals surface area contributed by atoms with Crippen molar-refractivity contribution in [3.63, 3.8) is 0 Å². The van der Waals surface area contributed by atoms with Crippen LogP contribution in [0.4, 0.5) is 17.1 Å². The molecule has 29 heavy (non-hydrogen) atoms. The highest BCUT2D eigenvalue weighted by Gasteiger charge is 2.26. The summed E-state index contributed by atoms with van der Waals surface area (Å²) in [6.07, 6.45) is 6.06. The summed E-state index contributed by atoms with van der Waals surface area (Å²) in [6, 6.07) is 14.5. The van der Waals surface area contributed by atoms with Crippen molar-refractivity contribution in [1.29, 1.82) is 0 Å². The second kappa shape index (κ2) is 8.52. The van der Waals surface area contributed by atoms with Gasteiger partial charge in [0.25, 0.3) is 5.91 Å². The molecule has 150 valence electrons. The number of hydrogen-bond acceptors (Lipinski definition) is 4. The number of nitrogens with one attached hydrogen (secondary N) is 3. The Bertz CT molecular complexity index is 1010. The van der Waals surface area contributed by atoms with E-state index in [9.17, 15) is 4.79 Å². The van der Waals surface area contributed by atoms with Crippen molar-refractivity contribution < 1.29 is 4.79 Å². The maximum atomic E-state index is 12.9. The normalized spacial score (nSPS) is 13.3. The quantitative estimate of drug-likeness (QED) is 0.453. The summed E-state index contributed by atoms with van der Waals surface area (Å²) in [5, 5.41) is 11.0. The fraction of sp³-hybridized carbons (Fsp3) is 0.333. The molecule has 1 fully saturated rings. The molecule has 5 heteroatoms. The van der Waals surface area contributed by atoms with Crippen LogP contribution in [-0.4, -0.2) is 23.5 Å². The van der Waals surface area contributed by atoms with Crippen LogP contribution >= 0.6 is 0 Å². The zero-order valence-electron chi connectivity index (χ0n) is 17.1. The Balaban J connectivity index is 1.79. The molecule has 1 aliphatic carbocycles. The molecule has 3 aromatic rings. The van der Waals surface area contributed by atoms with E-state index in [0.29, 0.717) is 11.6 Å². The maximum Gasteiger partial charge on any atom is 0.255 e. The van der Waals surface area contributed by atoms with Gasteiger partial charge in [0.05, 0.1) is 16.8 Å². The van der Waals surface area contributed by atoms with Crippen LogP contribution in [0.3, 0.4) is 0 Å². The summed E-state index contributed by atoms with van der Waals surface area (Å²) in [4.78, 5) is 17.5. The third kappa shape index (κ3) is 4.50. The van der Waals surface area contributed by atoms with Crippen molar-refractivity contribution in [2.75, 3.05) is 17.2 Å². The minimum absolute atomic E-state index is 0.0681. The van der Waals surface area contributed by atoms with Crippen LogP contribution in [0.2, 0.25) is 0 Å². The van der Waals surface area contributed by atoms with E-state index in [1.807, 2.05) is 30.3 Å². The Labute approximate surface area is 171 Å². The van der Waals surface area contributed by atoms with E-state index in [4.69, 9.17) is 0 Å². The van der Waals surface area contributed by atoms with Crippen molar-refractivity contribution in [2.45, 2.75) is 45.6 Å². The third-order valence-electron chi connectivity index (χ3n) is 5.26. The Morgan fingerprint density at radius 1 is 1.17 bits per heavy atom. The van der Waals surface area contributed by atoms with Crippen LogP contribution < -0.4 is 16.0 Å². The molecule has 0 bridgehead atoms. The highest BCUT2D eigenvalue weighted by molar-refractivity contribution is 6.09. The van der Waals surface area contributed by atoms with E-state index in [1.165, 1.54) is 0 Å². The van der Waals surface area contributed by atoms with Gasteiger partial charge in [-0.1, -0.05) is 31.5 Å². The molecule has 1 amide bonds. The van der Waals surface area contributed by atoms with E-state index in [0.717, 1.165) is 65.8 Å². The molecule has 0 spiro atoms. The van der Waals surface area contributed by atoms with E-state index in [1.54, 1.807) is 6.20 Å². The largest absolute Gasteiger partial charge is 0.385 e. The zero-order valence-corrected chi connectivity index (χ0v) is 17.1. The molecule has 0 atom stereocenters. The molecule has 4 rings (SSSR count). The van der Waals surface area contributed by atoms with E-state index >= 15 is 0 Å². The smallest absolute Gasteiger partial charge is 0.255 e. The number of pyridine rings is 1. The second-order valence-corrected chi connectivity index (χ2v) is 7.75. The Kier molecular flexibility index (Phi) is 5.65. The number of anilines is 3. The third-order valence-corrected chi connectivity index (χ3v) is 5.26. The summed E-state index contributed by atoms with van der Waals surface area (Å²) in [7, 11) is 0. The van der Waals surface area contributed by atoms with Gasteiger partial charge >= 0.3 is 0 Å². The number of nitrogens with zero attached hydrogens (tertiary/aromatic N) is 1. The monoisotopic (exact) mass is 388 g/mol. The average Bonchev–Trinajstić information content (AvgIpc) is 3.53. The summed E-state index contributed by atoms with van der Waals surface area (Å²) in [5.74, 6) is -0.0681. The molecule has 0 unspecified atom stereocenters. The number of carbonyl (C=O) groups excluding carboxylic acids is 1. The molecule has 1 aliphatic rings. The van der Waals surface area contributed by atoms with Crippen LogP contribution in [0.5, 0.6) is 0 Å². The van der Waals surface area contributed by atoms with Gasteiger partial charge in [-0.25, -0.2) is 0 Å². The number of benzene rings is 2. The lowest BCUT2D eigenvalue weighted by Crippen LogP contribution is -2.26. The molecule has 1 heterocycles. The first-order valence-corrected chi connectivity index (χ1v) is 10.5. The van der Waals surface area contributed by atoms with Gasteiger partial charge in [-0.3, -0.25) is 9.78 Å². The van der Waals surface area contributed by atoms with Crippen molar-refractivity contribution >= 4 is 33.9 Å². The summed E-state index contributed by atoms with van der Waals surface area (Å²) in [6.45, 7) is 5.21. The topological polar surface area (TPSA) is 66.0 Å². The zero-order chi connectivity index (χ0) is 20.2. The number of amides is 1. The predicted octanol–water partition coefficient (Wildman–Crippen LogP) is 5.39.